The molecule has 2 aromatic rings. The van der Waals surface area contributed by atoms with Crippen molar-refractivity contribution in [2.75, 3.05) is 6.54 Å². The third-order valence-electron chi connectivity index (χ3n) is 4.69. The molecule has 6 heteroatoms. The van der Waals surface area contributed by atoms with Gasteiger partial charge in [-0.15, -0.1) is 0 Å². The normalized spacial score (nSPS) is 18.2. The van der Waals surface area contributed by atoms with Crippen LogP contribution in [-0.2, 0) is 24.8 Å². The second kappa shape index (κ2) is 7.13. The predicted octanol–water partition coefficient (Wildman–Crippen LogP) is 1.88. The van der Waals surface area contributed by atoms with E-state index in [0.717, 1.165) is 36.5 Å². The molecule has 1 atom stereocenters. The molecule has 1 aliphatic rings. The summed E-state index contributed by atoms with van der Waals surface area (Å²) in [4.78, 5) is 18.3. The summed E-state index contributed by atoms with van der Waals surface area (Å²) in [6.07, 6.45) is 5.19. The third-order valence-corrected chi connectivity index (χ3v) is 4.69. The minimum absolute atomic E-state index is 0.260. The number of aryl methyl sites for hydroxylation is 3. The Morgan fingerprint density at radius 1 is 1.42 bits per heavy atom. The number of aromatic nitrogens is 3. The lowest BCUT2D eigenvalue weighted by molar-refractivity contribution is -0.117. The van der Waals surface area contributed by atoms with E-state index in [2.05, 4.69) is 22.1 Å². The second-order valence-corrected chi connectivity index (χ2v) is 6.58. The Labute approximate surface area is 142 Å². The molecule has 1 saturated heterocycles. The molecule has 6 nitrogen and oxygen atoms in total. The first-order chi connectivity index (χ1) is 11.5. The average Bonchev–Trinajstić information content (AvgIpc) is 3.15. The van der Waals surface area contributed by atoms with Gasteiger partial charge in [-0.2, -0.15) is 5.10 Å². The van der Waals surface area contributed by atoms with Crippen LogP contribution in [0.4, 0.5) is 0 Å². The van der Waals surface area contributed by atoms with Crippen molar-refractivity contribution in [1.82, 2.24) is 19.7 Å². The summed E-state index contributed by atoms with van der Waals surface area (Å²) in [6.45, 7) is 3.97. The van der Waals surface area contributed by atoms with Crippen LogP contribution in [0.1, 0.15) is 47.9 Å². The summed E-state index contributed by atoms with van der Waals surface area (Å²) in [5.41, 5.74) is 9.74. The van der Waals surface area contributed by atoms with Gasteiger partial charge in [0.05, 0.1) is 17.4 Å². The molecule has 0 unspecified atom stereocenters. The largest absolute Gasteiger partial charge is 0.370 e. The first kappa shape index (κ1) is 16.6. The lowest BCUT2D eigenvalue weighted by Crippen LogP contribution is -2.25. The van der Waals surface area contributed by atoms with Crippen LogP contribution < -0.4 is 5.73 Å². The predicted molar refractivity (Wildman–Crippen MR) is 92.1 cm³/mol. The molecule has 0 spiro atoms. The Morgan fingerprint density at radius 2 is 2.25 bits per heavy atom. The molecule has 0 aromatic carbocycles. The van der Waals surface area contributed by atoms with Crippen LogP contribution >= 0.6 is 0 Å². The zero-order chi connectivity index (χ0) is 17.1. The van der Waals surface area contributed by atoms with E-state index >= 15 is 0 Å². The summed E-state index contributed by atoms with van der Waals surface area (Å²) in [7, 11) is 1.98. The highest BCUT2D eigenvalue weighted by Gasteiger charge is 2.28. The quantitative estimate of drug-likeness (QED) is 0.879. The Kier molecular flexibility index (Phi) is 4.94. The highest BCUT2D eigenvalue weighted by Crippen LogP contribution is 2.32. The van der Waals surface area contributed by atoms with Crippen LogP contribution in [0.25, 0.3) is 0 Å². The van der Waals surface area contributed by atoms with Gasteiger partial charge >= 0.3 is 0 Å². The van der Waals surface area contributed by atoms with Gasteiger partial charge in [-0.1, -0.05) is 0 Å². The maximum Gasteiger partial charge on any atom is 0.217 e. The molecule has 0 aliphatic carbocycles. The molecule has 3 heterocycles. The van der Waals surface area contributed by atoms with Crippen molar-refractivity contribution in [1.29, 1.82) is 0 Å². The summed E-state index contributed by atoms with van der Waals surface area (Å²) >= 11 is 0. The number of carbonyl (C=O) groups is 1. The molecule has 1 amide bonds. The number of carbonyl (C=O) groups excluding carboxylic acids is 1. The molecule has 3 rings (SSSR count). The number of hydrogen-bond donors (Lipinski definition) is 1. The van der Waals surface area contributed by atoms with E-state index in [4.69, 9.17) is 10.7 Å². The van der Waals surface area contributed by atoms with E-state index in [9.17, 15) is 4.79 Å². The standard InChI is InChI=1S/C18H25N5O/c1-13-10-14(5-6-18(19)24)11-16(21-13)17-4-3-9-23(17)12-15-7-8-20-22(15)2/h7-8,10-11,17H,3-6,9,12H2,1-2H3,(H2,19,24)/t17-/m1/s1. The van der Waals surface area contributed by atoms with E-state index in [1.165, 1.54) is 12.1 Å². The molecule has 128 valence electrons. The lowest BCUT2D eigenvalue weighted by atomic mass is 10.0. The Balaban J connectivity index is 1.78. The lowest BCUT2D eigenvalue weighted by Gasteiger charge is -2.24. The molecular formula is C18H25N5O. The van der Waals surface area contributed by atoms with E-state index < -0.39 is 0 Å². The number of likely N-dealkylation sites (tertiary alicyclic amines) is 1. The fraction of sp³-hybridized carbons (Fsp3) is 0.500. The van der Waals surface area contributed by atoms with Crippen LogP contribution in [0.5, 0.6) is 0 Å². The van der Waals surface area contributed by atoms with Crippen LogP contribution in [-0.4, -0.2) is 32.1 Å². The van der Waals surface area contributed by atoms with Gasteiger partial charge in [0.2, 0.25) is 5.91 Å². The van der Waals surface area contributed by atoms with Crippen molar-refractivity contribution in [3.63, 3.8) is 0 Å². The van der Waals surface area contributed by atoms with E-state index in [1.54, 1.807) is 0 Å². The molecular weight excluding hydrogens is 302 g/mol. The van der Waals surface area contributed by atoms with Crippen molar-refractivity contribution >= 4 is 5.91 Å². The first-order valence-corrected chi connectivity index (χ1v) is 8.49. The maximum absolute atomic E-state index is 11.1. The average molecular weight is 327 g/mol. The second-order valence-electron chi connectivity index (χ2n) is 6.58. The highest BCUT2D eigenvalue weighted by atomic mass is 16.1. The van der Waals surface area contributed by atoms with E-state index in [-0.39, 0.29) is 5.91 Å². The molecule has 0 saturated carbocycles. The number of hydrogen-bond acceptors (Lipinski definition) is 4. The molecule has 1 aliphatic heterocycles. The fourth-order valence-electron chi connectivity index (χ4n) is 3.47. The van der Waals surface area contributed by atoms with Gasteiger partial charge in [0.25, 0.3) is 0 Å². The van der Waals surface area contributed by atoms with E-state index in [0.29, 0.717) is 18.9 Å². The SMILES string of the molecule is Cc1cc(CCC(N)=O)cc([C@H]2CCCN2Cc2ccnn2C)n1. The Morgan fingerprint density at radius 3 is 2.96 bits per heavy atom. The Bertz CT molecular complexity index is 724. The van der Waals surface area contributed by atoms with Crippen molar-refractivity contribution < 1.29 is 4.79 Å². The number of primary amides is 1. The summed E-state index contributed by atoms with van der Waals surface area (Å²) < 4.78 is 1.93. The van der Waals surface area contributed by atoms with Crippen molar-refractivity contribution in [3.05, 3.63) is 47.0 Å². The third kappa shape index (κ3) is 3.82. The number of rotatable bonds is 6. The minimum atomic E-state index is -0.260. The van der Waals surface area contributed by atoms with Crippen molar-refractivity contribution in [3.8, 4) is 0 Å². The van der Waals surface area contributed by atoms with Gasteiger partial charge in [-0.25, -0.2) is 0 Å². The van der Waals surface area contributed by atoms with Gasteiger partial charge in [0.15, 0.2) is 0 Å². The Hall–Kier alpha value is -2.21. The van der Waals surface area contributed by atoms with Crippen LogP contribution in [0.2, 0.25) is 0 Å². The monoisotopic (exact) mass is 327 g/mol. The molecule has 24 heavy (non-hydrogen) atoms. The van der Waals surface area contributed by atoms with Gasteiger partial charge in [0.1, 0.15) is 0 Å². The summed E-state index contributed by atoms with van der Waals surface area (Å²) in [5, 5.41) is 4.26. The van der Waals surface area contributed by atoms with Crippen LogP contribution in [0, 0.1) is 6.92 Å². The topological polar surface area (TPSA) is 77.0 Å². The van der Waals surface area contributed by atoms with Gasteiger partial charge in [-0.05, 0) is 56.5 Å². The van der Waals surface area contributed by atoms with Gasteiger partial charge in [0, 0.05) is 31.9 Å². The number of nitrogens with zero attached hydrogens (tertiary/aromatic N) is 4. The fourth-order valence-corrected chi connectivity index (χ4v) is 3.47. The first-order valence-electron chi connectivity index (χ1n) is 8.49. The zero-order valence-corrected chi connectivity index (χ0v) is 14.4. The zero-order valence-electron chi connectivity index (χ0n) is 14.4. The minimum Gasteiger partial charge on any atom is -0.370 e. The van der Waals surface area contributed by atoms with Gasteiger partial charge < -0.3 is 5.73 Å². The maximum atomic E-state index is 11.1. The van der Waals surface area contributed by atoms with Gasteiger partial charge in [-0.3, -0.25) is 19.4 Å². The molecule has 0 bridgehead atoms. The molecule has 2 aromatic heterocycles. The van der Waals surface area contributed by atoms with Crippen LogP contribution in [0.15, 0.2) is 24.4 Å². The highest BCUT2D eigenvalue weighted by molar-refractivity contribution is 5.74. The van der Waals surface area contributed by atoms with Crippen molar-refractivity contribution in [2.45, 2.75) is 45.2 Å². The number of amides is 1. The molecule has 0 radical (unpaired) electrons. The summed E-state index contributed by atoms with van der Waals surface area (Å²) in [5.74, 6) is -0.260. The van der Waals surface area contributed by atoms with Crippen LogP contribution in [0.3, 0.4) is 0 Å². The number of nitrogens with two attached hydrogens (primary N) is 1. The van der Waals surface area contributed by atoms with Crippen molar-refractivity contribution in [2.24, 2.45) is 12.8 Å². The molecule has 2 N–H and O–H groups in total. The molecule has 1 fully saturated rings. The van der Waals surface area contributed by atoms with E-state index in [1.807, 2.05) is 30.9 Å². The smallest absolute Gasteiger partial charge is 0.217 e. The summed E-state index contributed by atoms with van der Waals surface area (Å²) in [6, 6.07) is 6.58. The number of pyridine rings is 1.